The van der Waals surface area contributed by atoms with E-state index in [9.17, 15) is 9.59 Å². The van der Waals surface area contributed by atoms with Gasteiger partial charge in [0.15, 0.2) is 0 Å². The summed E-state index contributed by atoms with van der Waals surface area (Å²) in [6.45, 7) is 3.93. The van der Waals surface area contributed by atoms with Gasteiger partial charge in [0.05, 0.1) is 12.7 Å². The fourth-order valence-electron chi connectivity index (χ4n) is 2.99. The Morgan fingerprint density at radius 3 is 2.42 bits per heavy atom. The lowest BCUT2D eigenvalue weighted by atomic mass is 10.2. The Morgan fingerprint density at radius 1 is 1.00 bits per heavy atom. The van der Waals surface area contributed by atoms with Crippen molar-refractivity contribution in [2.45, 2.75) is 6.54 Å². The van der Waals surface area contributed by atoms with Crippen molar-refractivity contribution in [1.29, 1.82) is 0 Å². The second-order valence-corrected chi connectivity index (χ2v) is 6.25. The molecule has 2 amide bonds. The van der Waals surface area contributed by atoms with Gasteiger partial charge in [-0.3, -0.25) is 4.90 Å². The number of anilines is 1. The maximum atomic E-state index is 12.5. The molecule has 26 heavy (non-hydrogen) atoms. The average Bonchev–Trinajstić information content (AvgIpc) is 2.69. The SMILES string of the molecule is COC(=O)c1cccc(NC(=O)N2CCN(Cc3ccccc3)CC2)c1. The maximum Gasteiger partial charge on any atom is 0.337 e. The van der Waals surface area contributed by atoms with Crippen molar-refractivity contribution in [2.75, 3.05) is 38.6 Å². The Kier molecular flexibility index (Phi) is 5.86. The molecule has 6 heteroatoms. The molecule has 3 rings (SSSR count). The Hall–Kier alpha value is -2.86. The van der Waals surface area contributed by atoms with Crippen molar-refractivity contribution in [3.8, 4) is 0 Å². The van der Waals surface area contributed by atoms with Crippen molar-refractivity contribution in [3.63, 3.8) is 0 Å². The molecule has 2 aromatic carbocycles. The van der Waals surface area contributed by atoms with E-state index in [1.54, 1.807) is 29.2 Å². The van der Waals surface area contributed by atoms with Crippen LogP contribution in [0.25, 0.3) is 0 Å². The number of rotatable bonds is 4. The summed E-state index contributed by atoms with van der Waals surface area (Å²) >= 11 is 0. The molecule has 2 aromatic rings. The number of benzene rings is 2. The number of piperazine rings is 1. The molecule has 0 aliphatic carbocycles. The lowest BCUT2D eigenvalue weighted by molar-refractivity contribution is 0.0600. The molecule has 6 nitrogen and oxygen atoms in total. The van der Waals surface area contributed by atoms with Crippen molar-refractivity contribution < 1.29 is 14.3 Å². The van der Waals surface area contributed by atoms with Crippen molar-refractivity contribution >= 4 is 17.7 Å². The molecule has 0 unspecified atom stereocenters. The van der Waals surface area contributed by atoms with E-state index in [-0.39, 0.29) is 6.03 Å². The minimum absolute atomic E-state index is 0.147. The first-order valence-electron chi connectivity index (χ1n) is 8.66. The van der Waals surface area contributed by atoms with Crippen LogP contribution in [0.5, 0.6) is 0 Å². The molecule has 1 fully saturated rings. The van der Waals surface area contributed by atoms with E-state index in [0.29, 0.717) is 24.3 Å². The molecule has 136 valence electrons. The summed E-state index contributed by atoms with van der Waals surface area (Å²) in [5.41, 5.74) is 2.28. The largest absolute Gasteiger partial charge is 0.465 e. The standard InChI is InChI=1S/C20H23N3O3/c1-26-19(24)17-8-5-9-18(14-17)21-20(25)23-12-10-22(11-13-23)15-16-6-3-2-4-7-16/h2-9,14H,10-13,15H2,1H3,(H,21,25). The normalized spacial score (nSPS) is 14.7. The highest BCUT2D eigenvalue weighted by atomic mass is 16.5. The third-order valence-electron chi connectivity index (χ3n) is 4.44. The van der Waals surface area contributed by atoms with Crippen LogP contribution < -0.4 is 5.32 Å². The number of ether oxygens (including phenoxy) is 1. The van der Waals surface area contributed by atoms with Crippen LogP contribution in [0.4, 0.5) is 10.5 Å². The van der Waals surface area contributed by atoms with E-state index in [1.807, 2.05) is 18.2 Å². The third-order valence-corrected chi connectivity index (χ3v) is 4.44. The molecule has 0 spiro atoms. The fourth-order valence-corrected chi connectivity index (χ4v) is 2.99. The second-order valence-electron chi connectivity index (χ2n) is 6.25. The number of carbonyl (C=O) groups excluding carboxylic acids is 2. The molecule has 0 bridgehead atoms. The van der Waals surface area contributed by atoms with Crippen molar-refractivity contribution in [1.82, 2.24) is 9.80 Å². The van der Waals surface area contributed by atoms with Crippen molar-refractivity contribution in [2.24, 2.45) is 0 Å². The number of esters is 1. The van der Waals surface area contributed by atoms with E-state index in [2.05, 4.69) is 22.3 Å². The Labute approximate surface area is 153 Å². The summed E-state index contributed by atoms with van der Waals surface area (Å²) < 4.78 is 4.71. The van der Waals surface area contributed by atoms with Gasteiger partial charge in [-0.1, -0.05) is 36.4 Å². The zero-order valence-electron chi connectivity index (χ0n) is 14.9. The van der Waals surface area contributed by atoms with E-state index in [1.165, 1.54) is 12.7 Å². The predicted molar refractivity (Wildman–Crippen MR) is 100 cm³/mol. The highest BCUT2D eigenvalue weighted by Crippen LogP contribution is 2.14. The number of amides is 2. The first-order chi connectivity index (χ1) is 12.7. The van der Waals surface area contributed by atoms with Crippen LogP contribution in [0, 0.1) is 0 Å². The second kappa shape index (κ2) is 8.49. The molecule has 1 aliphatic heterocycles. The predicted octanol–water partition coefficient (Wildman–Crippen LogP) is 2.82. The van der Waals surface area contributed by atoms with Gasteiger partial charge in [0, 0.05) is 38.4 Å². The number of methoxy groups -OCH3 is 1. The zero-order chi connectivity index (χ0) is 18.4. The van der Waals surface area contributed by atoms with Gasteiger partial charge in [-0.25, -0.2) is 9.59 Å². The van der Waals surface area contributed by atoms with E-state index < -0.39 is 5.97 Å². The molecular weight excluding hydrogens is 330 g/mol. The monoisotopic (exact) mass is 353 g/mol. The summed E-state index contributed by atoms with van der Waals surface area (Å²) in [5, 5.41) is 2.86. The number of nitrogens with zero attached hydrogens (tertiary/aromatic N) is 2. The Bertz CT molecular complexity index is 756. The van der Waals surface area contributed by atoms with Gasteiger partial charge in [-0.15, -0.1) is 0 Å². The van der Waals surface area contributed by atoms with Crippen LogP contribution in [0.1, 0.15) is 15.9 Å². The number of urea groups is 1. The quantitative estimate of drug-likeness (QED) is 0.859. The van der Waals surface area contributed by atoms with Crippen LogP contribution in [-0.2, 0) is 11.3 Å². The lowest BCUT2D eigenvalue weighted by Gasteiger charge is -2.34. The number of hydrogen-bond acceptors (Lipinski definition) is 4. The molecular formula is C20H23N3O3. The van der Waals surface area contributed by atoms with Crippen LogP contribution in [0.3, 0.4) is 0 Å². The summed E-state index contributed by atoms with van der Waals surface area (Å²) in [5.74, 6) is -0.421. The van der Waals surface area contributed by atoms with E-state index >= 15 is 0 Å². The minimum Gasteiger partial charge on any atom is -0.465 e. The lowest BCUT2D eigenvalue weighted by Crippen LogP contribution is -2.49. The van der Waals surface area contributed by atoms with Gasteiger partial charge in [-0.05, 0) is 23.8 Å². The summed E-state index contributed by atoms with van der Waals surface area (Å²) in [4.78, 5) is 28.2. The Morgan fingerprint density at radius 2 is 1.73 bits per heavy atom. The molecule has 1 N–H and O–H groups in total. The molecule has 1 saturated heterocycles. The average molecular weight is 353 g/mol. The molecule has 0 radical (unpaired) electrons. The van der Waals surface area contributed by atoms with Crippen LogP contribution in [0.2, 0.25) is 0 Å². The smallest absolute Gasteiger partial charge is 0.337 e. The van der Waals surface area contributed by atoms with Crippen LogP contribution >= 0.6 is 0 Å². The van der Waals surface area contributed by atoms with Gasteiger partial charge in [-0.2, -0.15) is 0 Å². The molecule has 1 heterocycles. The fraction of sp³-hybridized carbons (Fsp3) is 0.300. The van der Waals surface area contributed by atoms with Gasteiger partial charge < -0.3 is 15.0 Å². The molecule has 0 aromatic heterocycles. The van der Waals surface area contributed by atoms with Crippen LogP contribution in [0.15, 0.2) is 54.6 Å². The van der Waals surface area contributed by atoms with E-state index in [4.69, 9.17) is 4.74 Å². The van der Waals surface area contributed by atoms with Gasteiger partial charge >= 0.3 is 12.0 Å². The van der Waals surface area contributed by atoms with Gasteiger partial charge in [0.2, 0.25) is 0 Å². The van der Waals surface area contributed by atoms with Gasteiger partial charge in [0.25, 0.3) is 0 Å². The highest BCUT2D eigenvalue weighted by molar-refractivity contribution is 5.93. The minimum atomic E-state index is -0.421. The molecule has 0 atom stereocenters. The third kappa shape index (κ3) is 4.61. The summed E-state index contributed by atoms with van der Waals surface area (Å²) in [6.07, 6.45) is 0. The molecule has 0 saturated carbocycles. The van der Waals surface area contributed by atoms with Crippen LogP contribution in [-0.4, -0.2) is 55.1 Å². The van der Waals surface area contributed by atoms with Gasteiger partial charge in [0.1, 0.15) is 0 Å². The summed E-state index contributed by atoms with van der Waals surface area (Å²) in [7, 11) is 1.34. The topological polar surface area (TPSA) is 61.9 Å². The summed E-state index contributed by atoms with van der Waals surface area (Å²) in [6, 6.07) is 16.9. The zero-order valence-corrected chi connectivity index (χ0v) is 14.9. The van der Waals surface area contributed by atoms with Crippen molar-refractivity contribution in [3.05, 3.63) is 65.7 Å². The molecule has 1 aliphatic rings. The maximum absolute atomic E-state index is 12.5. The highest BCUT2D eigenvalue weighted by Gasteiger charge is 2.21. The first-order valence-corrected chi connectivity index (χ1v) is 8.66. The Balaban J connectivity index is 1.51. The number of carbonyl (C=O) groups is 2. The first kappa shape index (κ1) is 17.9. The number of hydrogen-bond donors (Lipinski definition) is 1. The van der Waals surface area contributed by atoms with E-state index in [0.717, 1.165) is 19.6 Å². The number of nitrogens with one attached hydrogen (secondary N) is 1.